The Bertz CT molecular complexity index is 426. The van der Waals surface area contributed by atoms with E-state index >= 15 is 0 Å². The van der Waals surface area contributed by atoms with E-state index in [4.69, 9.17) is 0 Å². The number of para-hydroxylation sites is 1. The van der Waals surface area contributed by atoms with Gasteiger partial charge in [0.05, 0.1) is 0 Å². The molecule has 0 saturated carbocycles. The van der Waals surface area contributed by atoms with Gasteiger partial charge in [0.2, 0.25) is 0 Å². The predicted molar refractivity (Wildman–Crippen MR) is 92.1 cm³/mol. The first-order valence-electron chi connectivity index (χ1n) is 8.45. The Kier molecular flexibility index (Phi) is 7.85. The molecule has 2 aliphatic heterocycles. The summed E-state index contributed by atoms with van der Waals surface area (Å²) >= 11 is 0. The van der Waals surface area contributed by atoms with Gasteiger partial charge in [0.25, 0.3) is 0 Å². The Balaban J connectivity index is 0.000000246. The van der Waals surface area contributed by atoms with Crippen molar-refractivity contribution in [1.82, 2.24) is 15.5 Å². The molecule has 0 bridgehead atoms. The molecule has 2 heterocycles. The first-order chi connectivity index (χ1) is 10.9. The van der Waals surface area contributed by atoms with Crippen LogP contribution in [-0.4, -0.2) is 49.3 Å². The van der Waals surface area contributed by atoms with Gasteiger partial charge in [0, 0.05) is 39.3 Å². The molecule has 2 aliphatic rings. The van der Waals surface area contributed by atoms with Gasteiger partial charge in [-0.3, -0.25) is 0 Å². The number of phenols is 1. The molecule has 4 nitrogen and oxygen atoms in total. The van der Waals surface area contributed by atoms with Crippen LogP contribution in [0.5, 0.6) is 5.75 Å². The predicted octanol–water partition coefficient (Wildman–Crippen LogP) is 2.11. The van der Waals surface area contributed by atoms with Gasteiger partial charge in [0.1, 0.15) is 5.75 Å². The fraction of sp³-hybridized carbons (Fsp3) is 0.556. The lowest BCUT2D eigenvalue weighted by molar-refractivity contribution is 0.309. The molecule has 3 N–H and O–H groups in total. The summed E-state index contributed by atoms with van der Waals surface area (Å²) in [6.07, 6.45) is 9.10. The maximum Gasteiger partial charge on any atom is 0.119 e. The molecule has 2 saturated heterocycles. The van der Waals surface area contributed by atoms with Gasteiger partial charge < -0.3 is 20.6 Å². The highest BCUT2D eigenvalue weighted by molar-refractivity contribution is 5.33. The highest BCUT2D eigenvalue weighted by atomic mass is 16.3. The Morgan fingerprint density at radius 2 is 1.59 bits per heavy atom. The molecule has 0 spiro atoms. The number of aromatic hydroxyl groups is 1. The lowest BCUT2D eigenvalue weighted by atomic mass is 10.1. The number of likely N-dealkylation sites (tertiary alicyclic amines) is 1. The zero-order valence-electron chi connectivity index (χ0n) is 13.4. The van der Waals surface area contributed by atoms with Crippen molar-refractivity contribution in [1.29, 1.82) is 0 Å². The van der Waals surface area contributed by atoms with Crippen LogP contribution in [0.15, 0.2) is 36.5 Å². The molecular formula is C18H29N3O. The van der Waals surface area contributed by atoms with Crippen molar-refractivity contribution in [3.05, 3.63) is 42.1 Å². The molecule has 0 atom stereocenters. The fourth-order valence-electron chi connectivity index (χ4n) is 2.68. The number of benzene rings is 1. The number of hydrogen-bond donors (Lipinski definition) is 3. The minimum absolute atomic E-state index is 0.394. The summed E-state index contributed by atoms with van der Waals surface area (Å²) in [5.74, 6) is 0.394. The van der Waals surface area contributed by atoms with Crippen LogP contribution in [0.4, 0.5) is 0 Å². The number of hydrogen-bond acceptors (Lipinski definition) is 4. The van der Waals surface area contributed by atoms with E-state index in [9.17, 15) is 5.11 Å². The van der Waals surface area contributed by atoms with Crippen LogP contribution in [-0.2, 0) is 6.42 Å². The van der Waals surface area contributed by atoms with Gasteiger partial charge in [-0.15, -0.1) is 0 Å². The Morgan fingerprint density at radius 3 is 2.18 bits per heavy atom. The average molecular weight is 303 g/mol. The van der Waals surface area contributed by atoms with Crippen molar-refractivity contribution >= 4 is 0 Å². The highest BCUT2D eigenvalue weighted by Gasteiger charge is 2.04. The molecule has 0 unspecified atom stereocenters. The number of piperazine rings is 1. The molecule has 22 heavy (non-hydrogen) atoms. The standard InChI is InChI=1S/C14H19NO.C4H10N2/c16-14-9-3-2-7-13(14)8-6-12-15-10-4-1-5-11-15;1-2-6-4-3-5-1/h2-3,6-7,9,12,16H,1,4-5,8,10-11H2;5-6H,1-4H2/b12-6+;. The summed E-state index contributed by atoms with van der Waals surface area (Å²) in [7, 11) is 0. The lowest BCUT2D eigenvalue weighted by Gasteiger charge is -2.24. The van der Waals surface area contributed by atoms with Gasteiger partial charge in [0.15, 0.2) is 0 Å². The van der Waals surface area contributed by atoms with Crippen LogP contribution >= 0.6 is 0 Å². The van der Waals surface area contributed by atoms with Gasteiger partial charge in [-0.2, -0.15) is 0 Å². The quantitative estimate of drug-likeness (QED) is 0.800. The molecular weight excluding hydrogens is 274 g/mol. The Labute approximate surface area is 134 Å². The van der Waals surface area contributed by atoms with E-state index in [1.807, 2.05) is 18.2 Å². The van der Waals surface area contributed by atoms with Gasteiger partial charge in [-0.05, 0) is 43.5 Å². The number of phenolic OH excluding ortho intramolecular Hbond substituents is 1. The molecule has 1 aromatic rings. The monoisotopic (exact) mass is 303 g/mol. The van der Waals surface area contributed by atoms with E-state index in [0.29, 0.717) is 5.75 Å². The number of piperidine rings is 1. The van der Waals surface area contributed by atoms with Crippen molar-refractivity contribution in [2.24, 2.45) is 0 Å². The third-order valence-corrected chi connectivity index (χ3v) is 3.99. The van der Waals surface area contributed by atoms with E-state index in [0.717, 1.165) is 38.2 Å². The smallest absolute Gasteiger partial charge is 0.119 e. The molecule has 0 aliphatic carbocycles. The Morgan fingerprint density at radius 1 is 0.955 bits per heavy atom. The SMILES string of the molecule is C1CNCCN1.Oc1ccccc1C/C=C/N1CCCCC1. The summed E-state index contributed by atoms with van der Waals surface area (Å²) in [4.78, 5) is 2.36. The maximum atomic E-state index is 9.60. The van der Waals surface area contributed by atoms with Crippen molar-refractivity contribution in [3.8, 4) is 5.75 Å². The normalized spacial score (nSPS) is 18.8. The van der Waals surface area contributed by atoms with E-state index in [-0.39, 0.29) is 0 Å². The first-order valence-corrected chi connectivity index (χ1v) is 8.45. The zero-order chi connectivity index (χ0) is 15.5. The number of nitrogens with zero attached hydrogens (tertiary/aromatic N) is 1. The van der Waals surface area contributed by atoms with Crippen LogP contribution in [0.2, 0.25) is 0 Å². The van der Waals surface area contributed by atoms with Gasteiger partial charge >= 0.3 is 0 Å². The second-order valence-electron chi connectivity index (χ2n) is 5.81. The topological polar surface area (TPSA) is 47.5 Å². The van der Waals surface area contributed by atoms with Crippen molar-refractivity contribution in [3.63, 3.8) is 0 Å². The van der Waals surface area contributed by atoms with Crippen molar-refractivity contribution in [2.45, 2.75) is 25.7 Å². The highest BCUT2D eigenvalue weighted by Crippen LogP contribution is 2.16. The van der Waals surface area contributed by atoms with E-state index < -0.39 is 0 Å². The van der Waals surface area contributed by atoms with Gasteiger partial charge in [-0.1, -0.05) is 24.3 Å². The molecule has 4 heteroatoms. The molecule has 122 valence electrons. The zero-order valence-corrected chi connectivity index (χ0v) is 13.4. The molecule has 2 fully saturated rings. The maximum absolute atomic E-state index is 9.60. The molecule has 3 rings (SSSR count). The molecule has 0 amide bonds. The van der Waals surface area contributed by atoms with E-state index in [1.165, 1.54) is 32.4 Å². The van der Waals surface area contributed by atoms with Gasteiger partial charge in [-0.25, -0.2) is 0 Å². The minimum Gasteiger partial charge on any atom is -0.508 e. The number of nitrogens with one attached hydrogen (secondary N) is 2. The molecule has 0 aromatic heterocycles. The summed E-state index contributed by atoms with van der Waals surface area (Å²) in [5, 5.41) is 16.0. The fourth-order valence-corrected chi connectivity index (χ4v) is 2.68. The largest absolute Gasteiger partial charge is 0.508 e. The summed E-state index contributed by atoms with van der Waals surface area (Å²) in [5.41, 5.74) is 0.996. The average Bonchev–Trinajstić information content (AvgIpc) is 2.60. The van der Waals surface area contributed by atoms with Crippen LogP contribution < -0.4 is 10.6 Å². The van der Waals surface area contributed by atoms with Crippen LogP contribution in [0.25, 0.3) is 0 Å². The lowest BCUT2D eigenvalue weighted by Crippen LogP contribution is -2.39. The second-order valence-corrected chi connectivity index (χ2v) is 5.81. The van der Waals surface area contributed by atoms with Crippen molar-refractivity contribution in [2.75, 3.05) is 39.3 Å². The second kappa shape index (κ2) is 10.2. The molecule has 1 aromatic carbocycles. The van der Waals surface area contributed by atoms with Crippen LogP contribution in [0, 0.1) is 0 Å². The first kappa shape index (κ1) is 16.8. The summed E-state index contributed by atoms with van der Waals surface area (Å²) in [6, 6.07) is 7.52. The van der Waals surface area contributed by atoms with E-state index in [1.54, 1.807) is 6.07 Å². The minimum atomic E-state index is 0.394. The van der Waals surface area contributed by atoms with E-state index in [2.05, 4.69) is 27.8 Å². The van der Waals surface area contributed by atoms with Crippen LogP contribution in [0.1, 0.15) is 24.8 Å². The van der Waals surface area contributed by atoms with Crippen molar-refractivity contribution < 1.29 is 5.11 Å². The summed E-state index contributed by atoms with van der Waals surface area (Å²) in [6.45, 7) is 6.91. The molecule has 0 radical (unpaired) electrons. The van der Waals surface area contributed by atoms with Crippen LogP contribution in [0.3, 0.4) is 0 Å². The number of allylic oxidation sites excluding steroid dienone is 1. The Hall–Kier alpha value is -1.52. The third-order valence-electron chi connectivity index (χ3n) is 3.99. The number of rotatable bonds is 3. The summed E-state index contributed by atoms with van der Waals surface area (Å²) < 4.78 is 0. The third kappa shape index (κ3) is 6.50.